The van der Waals surface area contributed by atoms with Crippen molar-refractivity contribution in [3.05, 3.63) is 74.6 Å². The highest BCUT2D eigenvalue weighted by Gasteiger charge is 2.30. The SMILES string of the molecule is COC(=O)Cc1c(C)c2c(OCc3cccc(C(F)(F)F)c3)cc(C)cc2oc1=O. The second kappa shape index (κ2) is 8.22. The minimum atomic E-state index is -4.45. The monoisotopic (exact) mass is 420 g/mol. The number of benzene rings is 2. The standard InChI is InChI=1S/C22H19F3O5/c1-12-7-17(29-11-14-5-4-6-15(9-14)22(23,24)25)20-13(2)16(10-19(26)28-3)21(27)30-18(20)8-12/h4-9H,10-11H2,1-3H3. The predicted molar refractivity (Wildman–Crippen MR) is 103 cm³/mol. The van der Waals surface area contributed by atoms with Crippen LogP contribution >= 0.6 is 0 Å². The van der Waals surface area contributed by atoms with E-state index >= 15 is 0 Å². The Morgan fingerprint density at radius 3 is 2.53 bits per heavy atom. The molecule has 1 aromatic heterocycles. The summed E-state index contributed by atoms with van der Waals surface area (Å²) < 4.78 is 54.6. The van der Waals surface area contributed by atoms with Gasteiger partial charge < -0.3 is 13.9 Å². The zero-order valence-electron chi connectivity index (χ0n) is 16.6. The number of aryl methyl sites for hydroxylation is 2. The van der Waals surface area contributed by atoms with Gasteiger partial charge in [-0.15, -0.1) is 0 Å². The van der Waals surface area contributed by atoms with Crippen LogP contribution in [0.15, 0.2) is 45.6 Å². The molecule has 158 valence electrons. The van der Waals surface area contributed by atoms with Crippen LogP contribution in [0.3, 0.4) is 0 Å². The second-order valence-corrected chi connectivity index (χ2v) is 6.87. The topological polar surface area (TPSA) is 65.7 Å². The number of hydrogen-bond acceptors (Lipinski definition) is 5. The van der Waals surface area contributed by atoms with Crippen molar-refractivity contribution in [2.45, 2.75) is 33.1 Å². The number of hydrogen-bond donors (Lipinski definition) is 0. The molecule has 0 N–H and O–H groups in total. The van der Waals surface area contributed by atoms with E-state index in [2.05, 4.69) is 4.74 Å². The maximum atomic E-state index is 12.9. The van der Waals surface area contributed by atoms with Crippen LogP contribution in [-0.2, 0) is 28.7 Å². The second-order valence-electron chi connectivity index (χ2n) is 6.87. The van der Waals surface area contributed by atoms with Gasteiger partial charge in [0.1, 0.15) is 17.9 Å². The molecule has 0 bridgehead atoms. The molecular weight excluding hydrogens is 401 g/mol. The van der Waals surface area contributed by atoms with Crippen molar-refractivity contribution in [3.63, 3.8) is 0 Å². The first-order chi connectivity index (χ1) is 14.1. The molecule has 0 fully saturated rings. The lowest BCUT2D eigenvalue weighted by molar-refractivity contribution is -0.140. The van der Waals surface area contributed by atoms with E-state index in [-0.39, 0.29) is 24.2 Å². The van der Waals surface area contributed by atoms with Gasteiger partial charge in [0.2, 0.25) is 0 Å². The number of carbonyl (C=O) groups is 1. The van der Waals surface area contributed by atoms with Crippen LogP contribution < -0.4 is 10.4 Å². The first-order valence-corrected chi connectivity index (χ1v) is 9.03. The molecule has 0 atom stereocenters. The molecule has 2 aromatic carbocycles. The maximum absolute atomic E-state index is 12.9. The lowest BCUT2D eigenvalue weighted by atomic mass is 10.0. The third kappa shape index (κ3) is 4.48. The van der Waals surface area contributed by atoms with Crippen LogP contribution in [0.25, 0.3) is 11.0 Å². The van der Waals surface area contributed by atoms with Crippen molar-refractivity contribution >= 4 is 16.9 Å². The van der Waals surface area contributed by atoms with Gasteiger partial charge in [-0.3, -0.25) is 4.79 Å². The fraction of sp³-hybridized carbons (Fsp3) is 0.273. The van der Waals surface area contributed by atoms with E-state index in [1.54, 1.807) is 26.0 Å². The normalized spacial score (nSPS) is 11.5. The van der Waals surface area contributed by atoms with Crippen LogP contribution in [0.1, 0.15) is 27.8 Å². The van der Waals surface area contributed by atoms with Crippen molar-refractivity contribution < 1.29 is 31.9 Å². The molecule has 3 aromatic rings. The van der Waals surface area contributed by atoms with E-state index in [9.17, 15) is 22.8 Å². The number of alkyl halides is 3. The number of fused-ring (bicyclic) bond motifs is 1. The van der Waals surface area contributed by atoms with E-state index in [1.807, 2.05) is 0 Å². The summed E-state index contributed by atoms with van der Waals surface area (Å²) in [7, 11) is 1.22. The van der Waals surface area contributed by atoms with Gasteiger partial charge >= 0.3 is 17.8 Å². The summed E-state index contributed by atoms with van der Waals surface area (Å²) in [4.78, 5) is 24.0. The largest absolute Gasteiger partial charge is 0.488 e. The fourth-order valence-corrected chi connectivity index (χ4v) is 3.17. The van der Waals surface area contributed by atoms with Crippen molar-refractivity contribution in [1.29, 1.82) is 0 Å². The summed E-state index contributed by atoms with van der Waals surface area (Å²) in [6.45, 7) is 3.31. The molecule has 0 aliphatic carbocycles. The minimum Gasteiger partial charge on any atom is -0.488 e. The lowest BCUT2D eigenvalue weighted by Crippen LogP contribution is -2.16. The Balaban J connectivity index is 2.02. The Morgan fingerprint density at radius 2 is 1.87 bits per heavy atom. The molecular formula is C22H19F3O5. The molecule has 0 spiro atoms. The highest BCUT2D eigenvalue weighted by Crippen LogP contribution is 2.33. The maximum Gasteiger partial charge on any atom is 0.416 e. The molecule has 0 saturated heterocycles. The summed E-state index contributed by atoms with van der Waals surface area (Å²) in [6.07, 6.45) is -4.71. The number of methoxy groups -OCH3 is 1. The van der Waals surface area contributed by atoms with Gasteiger partial charge in [-0.1, -0.05) is 12.1 Å². The van der Waals surface area contributed by atoms with Crippen LogP contribution in [0.4, 0.5) is 13.2 Å². The van der Waals surface area contributed by atoms with E-state index < -0.39 is 23.3 Å². The molecule has 0 aliphatic heterocycles. The summed E-state index contributed by atoms with van der Waals surface area (Å²) in [5, 5.41) is 0.478. The first kappa shape index (κ1) is 21.4. The quantitative estimate of drug-likeness (QED) is 0.441. The number of rotatable bonds is 5. The zero-order valence-corrected chi connectivity index (χ0v) is 16.6. The summed E-state index contributed by atoms with van der Waals surface area (Å²) in [5.41, 5.74) is 0.562. The highest BCUT2D eigenvalue weighted by atomic mass is 19.4. The van der Waals surface area contributed by atoms with Crippen molar-refractivity contribution in [1.82, 2.24) is 0 Å². The van der Waals surface area contributed by atoms with Gasteiger partial charge in [0.15, 0.2) is 0 Å². The van der Waals surface area contributed by atoms with Crippen molar-refractivity contribution in [2.24, 2.45) is 0 Å². The Morgan fingerprint density at radius 1 is 1.13 bits per heavy atom. The lowest BCUT2D eigenvalue weighted by Gasteiger charge is -2.14. The smallest absolute Gasteiger partial charge is 0.416 e. The van der Waals surface area contributed by atoms with Crippen LogP contribution in [0.5, 0.6) is 5.75 Å². The van der Waals surface area contributed by atoms with E-state index in [4.69, 9.17) is 9.15 Å². The molecule has 30 heavy (non-hydrogen) atoms. The molecule has 5 nitrogen and oxygen atoms in total. The van der Waals surface area contributed by atoms with Gasteiger partial charge in [-0.25, -0.2) is 4.79 Å². The van der Waals surface area contributed by atoms with Crippen LogP contribution in [0, 0.1) is 13.8 Å². The van der Waals surface area contributed by atoms with Gasteiger partial charge in [-0.05, 0) is 54.8 Å². The fourth-order valence-electron chi connectivity index (χ4n) is 3.17. The van der Waals surface area contributed by atoms with Gasteiger partial charge in [0.25, 0.3) is 0 Å². The van der Waals surface area contributed by atoms with E-state index in [1.165, 1.54) is 19.2 Å². The third-order valence-electron chi connectivity index (χ3n) is 4.68. The average Bonchev–Trinajstić information content (AvgIpc) is 2.68. The van der Waals surface area contributed by atoms with Crippen LogP contribution in [-0.4, -0.2) is 13.1 Å². The molecule has 3 rings (SSSR count). The Hall–Kier alpha value is -3.29. The molecule has 8 heteroatoms. The summed E-state index contributed by atoms with van der Waals surface area (Å²) in [6, 6.07) is 8.21. The Labute approximate surface area is 170 Å². The number of esters is 1. The minimum absolute atomic E-state index is 0.118. The number of halogens is 3. The van der Waals surface area contributed by atoms with Crippen molar-refractivity contribution in [3.8, 4) is 5.75 Å². The highest BCUT2D eigenvalue weighted by molar-refractivity contribution is 5.89. The number of ether oxygens (including phenoxy) is 2. The molecule has 1 heterocycles. The molecule has 0 saturated carbocycles. The van der Waals surface area contributed by atoms with Crippen molar-refractivity contribution in [2.75, 3.05) is 7.11 Å². The predicted octanol–water partition coefficient (Wildman–Crippen LogP) is 4.72. The van der Waals surface area contributed by atoms with Gasteiger partial charge in [-0.2, -0.15) is 13.2 Å². The average molecular weight is 420 g/mol. The molecule has 0 aliphatic rings. The third-order valence-corrected chi connectivity index (χ3v) is 4.68. The Kier molecular flexibility index (Phi) is 5.87. The molecule has 0 unspecified atom stereocenters. The first-order valence-electron chi connectivity index (χ1n) is 9.03. The number of carbonyl (C=O) groups excluding carboxylic acids is 1. The van der Waals surface area contributed by atoms with Gasteiger partial charge in [0.05, 0.1) is 30.0 Å². The zero-order chi connectivity index (χ0) is 22.1. The Bertz CT molecular complexity index is 1160. The van der Waals surface area contributed by atoms with E-state index in [0.29, 0.717) is 22.3 Å². The van der Waals surface area contributed by atoms with E-state index in [0.717, 1.165) is 17.7 Å². The molecule has 0 amide bonds. The summed E-state index contributed by atoms with van der Waals surface area (Å²) >= 11 is 0. The molecule has 0 radical (unpaired) electrons. The van der Waals surface area contributed by atoms with Gasteiger partial charge in [0, 0.05) is 0 Å². The summed E-state index contributed by atoms with van der Waals surface area (Å²) in [5.74, 6) is -0.252. The van der Waals surface area contributed by atoms with Crippen LogP contribution in [0.2, 0.25) is 0 Å².